The number of benzene rings is 2. The summed E-state index contributed by atoms with van der Waals surface area (Å²) < 4.78 is 8.17. The minimum atomic E-state index is -0.525. The molecule has 182 valence electrons. The van der Waals surface area contributed by atoms with Gasteiger partial charge in [-0.3, -0.25) is 14.3 Å². The highest BCUT2D eigenvalue weighted by Gasteiger charge is 2.21. The van der Waals surface area contributed by atoms with Crippen LogP contribution in [0.15, 0.2) is 54.9 Å². The second-order valence-corrected chi connectivity index (χ2v) is 10.4. The molecule has 0 saturated carbocycles. The van der Waals surface area contributed by atoms with Gasteiger partial charge in [0.25, 0.3) is 5.91 Å². The molecule has 1 amide bonds. The first-order chi connectivity index (χ1) is 16.9. The number of hydrogen-bond donors (Lipinski definition) is 1. The molecule has 2 N–H and O–H groups in total. The van der Waals surface area contributed by atoms with Crippen molar-refractivity contribution in [3.63, 3.8) is 0 Å². The zero-order chi connectivity index (χ0) is 24.5. The molecule has 1 fully saturated rings. The molecule has 35 heavy (non-hydrogen) atoms. The first kappa shape index (κ1) is 23.8. The molecule has 3 heterocycles. The number of rotatable bonds is 7. The van der Waals surface area contributed by atoms with Gasteiger partial charge in [0.1, 0.15) is 28.1 Å². The number of carbonyl (C=O) groups is 1. The van der Waals surface area contributed by atoms with E-state index in [1.54, 1.807) is 6.33 Å². The largest absolute Gasteiger partial charge is 0.484 e. The molecular formula is C26H28ClN5O2S. The van der Waals surface area contributed by atoms with E-state index in [0.29, 0.717) is 15.6 Å². The lowest BCUT2D eigenvalue weighted by molar-refractivity contribution is 0.0998. The van der Waals surface area contributed by atoms with Crippen molar-refractivity contribution in [2.45, 2.75) is 19.6 Å². The van der Waals surface area contributed by atoms with Gasteiger partial charge in [0.15, 0.2) is 0 Å². The van der Waals surface area contributed by atoms with E-state index in [2.05, 4.69) is 40.0 Å². The van der Waals surface area contributed by atoms with E-state index in [9.17, 15) is 4.79 Å². The predicted molar refractivity (Wildman–Crippen MR) is 141 cm³/mol. The van der Waals surface area contributed by atoms with Gasteiger partial charge in [0.05, 0.1) is 11.0 Å². The van der Waals surface area contributed by atoms with Gasteiger partial charge in [-0.2, -0.15) is 0 Å². The van der Waals surface area contributed by atoms with E-state index in [1.165, 1.54) is 16.9 Å². The number of hydrogen-bond acceptors (Lipinski definition) is 6. The third-order valence-electron chi connectivity index (χ3n) is 6.41. The number of thiophene rings is 1. The Kier molecular flexibility index (Phi) is 6.80. The van der Waals surface area contributed by atoms with Crippen LogP contribution in [0.4, 0.5) is 0 Å². The summed E-state index contributed by atoms with van der Waals surface area (Å²) in [4.78, 5) is 22.0. The van der Waals surface area contributed by atoms with Crippen molar-refractivity contribution in [3.8, 4) is 10.8 Å². The quantitative estimate of drug-likeness (QED) is 0.390. The van der Waals surface area contributed by atoms with Crippen LogP contribution in [0.3, 0.4) is 0 Å². The van der Waals surface area contributed by atoms with Crippen molar-refractivity contribution in [1.82, 2.24) is 19.4 Å². The van der Waals surface area contributed by atoms with Gasteiger partial charge in [-0.25, -0.2) is 4.98 Å². The summed E-state index contributed by atoms with van der Waals surface area (Å²) in [7, 11) is 2.16. The Balaban J connectivity index is 1.44. The molecule has 1 unspecified atom stereocenters. The number of nitrogens with zero attached hydrogens (tertiary/aromatic N) is 4. The maximum atomic E-state index is 12.2. The van der Waals surface area contributed by atoms with Crippen LogP contribution in [-0.4, -0.2) is 58.5 Å². The molecule has 0 radical (unpaired) electrons. The van der Waals surface area contributed by atoms with Gasteiger partial charge in [-0.1, -0.05) is 35.9 Å². The molecule has 5 rings (SSSR count). The molecule has 0 bridgehead atoms. The molecule has 1 atom stereocenters. The molecule has 1 saturated heterocycles. The minimum Gasteiger partial charge on any atom is -0.484 e. The third-order valence-corrected chi connectivity index (χ3v) is 7.88. The number of imidazole rings is 1. The Morgan fingerprint density at radius 3 is 2.69 bits per heavy atom. The van der Waals surface area contributed by atoms with E-state index in [0.717, 1.165) is 54.3 Å². The van der Waals surface area contributed by atoms with Crippen molar-refractivity contribution in [3.05, 3.63) is 75.9 Å². The van der Waals surface area contributed by atoms with Gasteiger partial charge in [-0.15, -0.1) is 11.3 Å². The molecule has 9 heteroatoms. The molecule has 7 nitrogen and oxygen atoms in total. The molecule has 0 spiro atoms. The van der Waals surface area contributed by atoms with Crippen molar-refractivity contribution in [2.75, 3.05) is 33.2 Å². The van der Waals surface area contributed by atoms with Crippen molar-refractivity contribution < 1.29 is 9.53 Å². The summed E-state index contributed by atoms with van der Waals surface area (Å²) in [6.07, 6.45) is 1.43. The van der Waals surface area contributed by atoms with E-state index in [1.807, 2.05) is 41.8 Å². The summed E-state index contributed by atoms with van der Waals surface area (Å²) in [6.45, 7) is 7.09. The predicted octanol–water partition coefficient (Wildman–Crippen LogP) is 4.73. The summed E-state index contributed by atoms with van der Waals surface area (Å²) in [6, 6.07) is 15.7. The van der Waals surface area contributed by atoms with E-state index in [-0.39, 0.29) is 6.10 Å². The summed E-state index contributed by atoms with van der Waals surface area (Å²) >= 11 is 7.64. The fourth-order valence-corrected chi connectivity index (χ4v) is 5.61. The second-order valence-electron chi connectivity index (χ2n) is 8.94. The Morgan fingerprint density at radius 1 is 1.17 bits per heavy atom. The van der Waals surface area contributed by atoms with Crippen molar-refractivity contribution >= 4 is 39.9 Å². The SMILES string of the molecule is CC(Oc1cc(-n2cnc3ccc(CN4CCN(C)CC4)cc32)sc1C(N)=O)c1ccccc1Cl. The van der Waals surface area contributed by atoms with Crippen LogP contribution in [-0.2, 0) is 6.54 Å². The zero-order valence-corrected chi connectivity index (χ0v) is 21.4. The fraction of sp³-hybridized carbons (Fsp3) is 0.308. The molecule has 4 aromatic rings. The van der Waals surface area contributed by atoms with Crippen molar-refractivity contribution in [1.29, 1.82) is 0 Å². The molecule has 1 aliphatic rings. The Labute approximate surface area is 213 Å². The normalized spacial score (nSPS) is 16.0. The second kappa shape index (κ2) is 9.99. The standard InChI is InChI=1S/C26H28ClN5O2S/c1-17(19-5-3-4-6-20(19)27)34-23-14-24(35-25(23)26(28)33)32-16-29-21-8-7-18(13-22(21)32)15-31-11-9-30(2)10-12-31/h3-8,13-14,16-17H,9-12,15H2,1-2H3,(H2,28,33). The number of piperazine rings is 1. The highest BCUT2D eigenvalue weighted by atomic mass is 35.5. The highest BCUT2D eigenvalue weighted by molar-refractivity contribution is 7.16. The minimum absolute atomic E-state index is 0.348. The van der Waals surface area contributed by atoms with E-state index in [4.69, 9.17) is 22.1 Å². The Bertz CT molecular complexity index is 1360. The van der Waals surface area contributed by atoms with Gasteiger partial charge in [-0.05, 0) is 37.7 Å². The number of primary amides is 1. The number of halogens is 1. The van der Waals surface area contributed by atoms with Gasteiger partial charge in [0, 0.05) is 49.4 Å². The van der Waals surface area contributed by atoms with E-state index < -0.39 is 5.91 Å². The van der Waals surface area contributed by atoms with Crippen LogP contribution in [0.2, 0.25) is 5.02 Å². The van der Waals surface area contributed by atoms with Gasteiger partial charge >= 0.3 is 0 Å². The topological polar surface area (TPSA) is 76.6 Å². The first-order valence-corrected chi connectivity index (χ1v) is 12.8. The number of ether oxygens (including phenoxy) is 1. The average Bonchev–Trinajstić information content (AvgIpc) is 3.44. The Hall–Kier alpha value is -2.91. The van der Waals surface area contributed by atoms with Crippen LogP contribution in [0.5, 0.6) is 5.75 Å². The monoisotopic (exact) mass is 509 g/mol. The summed E-state index contributed by atoms with van der Waals surface area (Å²) in [5.41, 5.74) is 9.67. The summed E-state index contributed by atoms with van der Waals surface area (Å²) in [5, 5.41) is 1.43. The van der Waals surface area contributed by atoms with Crippen LogP contribution >= 0.6 is 22.9 Å². The number of nitrogens with two attached hydrogens (primary N) is 1. The number of carbonyl (C=O) groups excluding carboxylic acids is 1. The fourth-order valence-electron chi connectivity index (χ4n) is 4.39. The number of aromatic nitrogens is 2. The zero-order valence-electron chi connectivity index (χ0n) is 19.8. The smallest absolute Gasteiger partial charge is 0.262 e. The van der Waals surface area contributed by atoms with Gasteiger partial charge < -0.3 is 15.4 Å². The van der Waals surface area contributed by atoms with Gasteiger partial charge in [0.2, 0.25) is 0 Å². The molecular weight excluding hydrogens is 482 g/mol. The molecule has 1 aliphatic heterocycles. The first-order valence-electron chi connectivity index (χ1n) is 11.6. The average molecular weight is 510 g/mol. The van der Waals surface area contributed by atoms with Crippen LogP contribution in [0.25, 0.3) is 16.0 Å². The maximum absolute atomic E-state index is 12.2. The highest BCUT2D eigenvalue weighted by Crippen LogP contribution is 2.37. The number of likely N-dealkylation sites (N-methyl/N-ethyl adjacent to an activating group) is 1. The molecule has 0 aliphatic carbocycles. The lowest BCUT2D eigenvalue weighted by atomic mass is 10.1. The van der Waals surface area contributed by atoms with Crippen LogP contribution < -0.4 is 10.5 Å². The summed E-state index contributed by atoms with van der Waals surface area (Å²) in [5.74, 6) is -0.0804. The van der Waals surface area contributed by atoms with Crippen LogP contribution in [0, 0.1) is 0 Å². The lowest BCUT2D eigenvalue weighted by Crippen LogP contribution is -2.43. The number of fused-ring (bicyclic) bond motifs is 1. The maximum Gasteiger partial charge on any atom is 0.262 e. The van der Waals surface area contributed by atoms with Crippen molar-refractivity contribution in [2.24, 2.45) is 5.73 Å². The third kappa shape index (κ3) is 5.06. The Morgan fingerprint density at radius 2 is 1.94 bits per heavy atom. The van der Waals surface area contributed by atoms with E-state index >= 15 is 0 Å². The molecule has 2 aromatic carbocycles. The lowest BCUT2D eigenvalue weighted by Gasteiger charge is -2.32. The van der Waals surface area contributed by atoms with Crippen LogP contribution in [0.1, 0.15) is 33.8 Å². The molecule has 2 aromatic heterocycles. The number of amides is 1.